The number of amides is 1. The summed E-state index contributed by atoms with van der Waals surface area (Å²) in [5.41, 5.74) is 2.98. The first-order valence-electron chi connectivity index (χ1n) is 9.01. The number of hydrogen-bond acceptors (Lipinski definition) is 4. The number of aromatic nitrogens is 1. The van der Waals surface area contributed by atoms with Gasteiger partial charge in [0.2, 0.25) is 0 Å². The predicted molar refractivity (Wildman–Crippen MR) is 104 cm³/mol. The Kier molecular flexibility index (Phi) is 6.00. The van der Waals surface area contributed by atoms with E-state index >= 15 is 0 Å². The lowest BCUT2D eigenvalue weighted by Crippen LogP contribution is -2.25. The quantitative estimate of drug-likeness (QED) is 0.588. The van der Waals surface area contributed by atoms with E-state index < -0.39 is 12.3 Å². The highest BCUT2D eigenvalue weighted by atomic mass is 19.4. The maximum atomic E-state index is 12.5. The molecule has 0 aliphatic heterocycles. The molecule has 0 spiro atoms. The van der Waals surface area contributed by atoms with Gasteiger partial charge in [-0.05, 0) is 61.4 Å². The standard InChI is InChI=1S/C21H19F3N2O4/c1-12-16(17-11-15(30-21(22,23)24)7-8-18(17)26-12)9-10-25-19(27)13-3-5-14(6-4-13)20(28)29-2/h3-8,11,26H,9-10H2,1-2H3,(H,25,27). The normalized spacial score (nSPS) is 11.4. The number of fused-ring (bicyclic) bond motifs is 1. The molecule has 3 rings (SSSR count). The number of aryl methyl sites for hydroxylation is 1. The molecule has 0 saturated heterocycles. The Hall–Kier alpha value is -3.49. The monoisotopic (exact) mass is 420 g/mol. The number of rotatable bonds is 6. The van der Waals surface area contributed by atoms with Crippen LogP contribution < -0.4 is 10.1 Å². The molecule has 2 aromatic carbocycles. The summed E-state index contributed by atoms with van der Waals surface area (Å²) < 4.78 is 46.1. The van der Waals surface area contributed by atoms with Crippen LogP contribution >= 0.6 is 0 Å². The maximum absolute atomic E-state index is 12.5. The van der Waals surface area contributed by atoms with E-state index in [0.29, 0.717) is 28.5 Å². The van der Waals surface area contributed by atoms with Gasteiger partial charge in [0.15, 0.2) is 0 Å². The van der Waals surface area contributed by atoms with Crippen LogP contribution in [0.5, 0.6) is 5.75 Å². The van der Waals surface area contributed by atoms with Gasteiger partial charge in [0, 0.05) is 28.7 Å². The van der Waals surface area contributed by atoms with E-state index in [1.165, 1.54) is 49.6 Å². The molecule has 0 fully saturated rings. The van der Waals surface area contributed by atoms with E-state index in [0.717, 1.165) is 11.3 Å². The zero-order valence-electron chi connectivity index (χ0n) is 16.2. The van der Waals surface area contributed by atoms with Gasteiger partial charge in [-0.2, -0.15) is 0 Å². The number of carbonyl (C=O) groups excluding carboxylic acids is 2. The molecule has 0 aliphatic rings. The highest BCUT2D eigenvalue weighted by Gasteiger charge is 2.31. The number of esters is 1. The molecular formula is C21H19F3N2O4. The number of halogens is 3. The van der Waals surface area contributed by atoms with Crippen molar-refractivity contribution in [3.05, 3.63) is 64.8 Å². The number of hydrogen-bond donors (Lipinski definition) is 2. The molecule has 158 valence electrons. The Morgan fingerprint density at radius 2 is 1.73 bits per heavy atom. The molecule has 6 nitrogen and oxygen atoms in total. The zero-order valence-corrected chi connectivity index (χ0v) is 16.2. The lowest BCUT2D eigenvalue weighted by molar-refractivity contribution is -0.274. The van der Waals surface area contributed by atoms with E-state index in [4.69, 9.17) is 0 Å². The number of alkyl halides is 3. The first kappa shape index (κ1) is 21.2. The van der Waals surface area contributed by atoms with Crippen molar-refractivity contribution in [2.24, 2.45) is 0 Å². The molecule has 0 aliphatic carbocycles. The van der Waals surface area contributed by atoms with Gasteiger partial charge in [-0.1, -0.05) is 0 Å². The molecule has 0 atom stereocenters. The topological polar surface area (TPSA) is 80.4 Å². The van der Waals surface area contributed by atoms with Gasteiger partial charge in [-0.25, -0.2) is 4.79 Å². The SMILES string of the molecule is COC(=O)c1ccc(C(=O)NCCc2c(C)[nH]c3ccc(OC(F)(F)F)cc23)cc1. The predicted octanol–water partition coefficient (Wildman–Crippen LogP) is 4.13. The molecule has 0 bridgehead atoms. The Labute approximate surface area is 170 Å². The Morgan fingerprint density at radius 3 is 2.37 bits per heavy atom. The number of nitrogens with one attached hydrogen (secondary N) is 2. The fourth-order valence-corrected chi connectivity index (χ4v) is 3.16. The average molecular weight is 420 g/mol. The number of carbonyl (C=O) groups is 2. The molecule has 1 amide bonds. The van der Waals surface area contributed by atoms with E-state index in [9.17, 15) is 22.8 Å². The molecule has 0 saturated carbocycles. The van der Waals surface area contributed by atoms with Crippen LogP contribution in [0.3, 0.4) is 0 Å². The summed E-state index contributed by atoms with van der Waals surface area (Å²) >= 11 is 0. The summed E-state index contributed by atoms with van der Waals surface area (Å²) in [6.07, 6.45) is -4.36. The highest BCUT2D eigenvalue weighted by Crippen LogP contribution is 2.29. The van der Waals surface area contributed by atoms with Crippen LogP contribution in [0, 0.1) is 6.92 Å². The molecule has 2 N–H and O–H groups in total. The molecule has 1 heterocycles. The van der Waals surface area contributed by atoms with Crippen LogP contribution in [0.15, 0.2) is 42.5 Å². The summed E-state index contributed by atoms with van der Waals surface area (Å²) in [5.74, 6) is -1.12. The Bertz CT molecular complexity index is 1070. The Balaban J connectivity index is 1.68. The van der Waals surface area contributed by atoms with Gasteiger partial charge in [-0.15, -0.1) is 13.2 Å². The van der Waals surface area contributed by atoms with Crippen molar-refractivity contribution >= 4 is 22.8 Å². The maximum Gasteiger partial charge on any atom is 0.573 e. The molecular weight excluding hydrogens is 401 g/mol. The van der Waals surface area contributed by atoms with Gasteiger partial charge in [-0.3, -0.25) is 4.79 Å². The summed E-state index contributed by atoms with van der Waals surface area (Å²) in [4.78, 5) is 26.9. The smallest absolute Gasteiger partial charge is 0.465 e. The van der Waals surface area contributed by atoms with Crippen molar-refractivity contribution in [2.75, 3.05) is 13.7 Å². The first-order valence-corrected chi connectivity index (χ1v) is 9.01. The van der Waals surface area contributed by atoms with Crippen LogP contribution in [0.1, 0.15) is 32.0 Å². The minimum atomic E-state index is -4.77. The fourth-order valence-electron chi connectivity index (χ4n) is 3.16. The summed E-state index contributed by atoms with van der Waals surface area (Å²) in [6.45, 7) is 2.09. The van der Waals surface area contributed by atoms with Crippen LogP contribution in [0.4, 0.5) is 13.2 Å². The van der Waals surface area contributed by atoms with Gasteiger partial charge in [0.25, 0.3) is 5.91 Å². The lowest BCUT2D eigenvalue weighted by atomic mass is 10.1. The second-order valence-corrected chi connectivity index (χ2v) is 6.56. The largest absolute Gasteiger partial charge is 0.573 e. The average Bonchev–Trinajstić information content (AvgIpc) is 3.01. The van der Waals surface area contributed by atoms with E-state index in [1.807, 2.05) is 6.92 Å². The van der Waals surface area contributed by atoms with Crippen LogP contribution in [-0.2, 0) is 11.2 Å². The van der Waals surface area contributed by atoms with Crippen molar-refractivity contribution in [3.63, 3.8) is 0 Å². The molecule has 0 radical (unpaired) electrons. The fraction of sp³-hybridized carbons (Fsp3) is 0.238. The summed E-state index contributed by atoms with van der Waals surface area (Å²) in [6, 6.07) is 10.1. The third-order valence-corrected chi connectivity index (χ3v) is 4.55. The second-order valence-electron chi connectivity index (χ2n) is 6.56. The minimum Gasteiger partial charge on any atom is -0.465 e. The van der Waals surface area contributed by atoms with E-state index in [-0.39, 0.29) is 18.2 Å². The van der Waals surface area contributed by atoms with Crippen molar-refractivity contribution in [2.45, 2.75) is 19.7 Å². The molecule has 30 heavy (non-hydrogen) atoms. The molecule has 1 aromatic heterocycles. The van der Waals surface area contributed by atoms with E-state index in [2.05, 4.69) is 19.8 Å². The first-order chi connectivity index (χ1) is 14.2. The van der Waals surface area contributed by atoms with Gasteiger partial charge >= 0.3 is 12.3 Å². The third-order valence-electron chi connectivity index (χ3n) is 4.55. The van der Waals surface area contributed by atoms with Crippen molar-refractivity contribution < 1.29 is 32.2 Å². The molecule has 9 heteroatoms. The lowest BCUT2D eigenvalue weighted by Gasteiger charge is -2.09. The second kappa shape index (κ2) is 8.48. The van der Waals surface area contributed by atoms with Gasteiger partial charge in [0.1, 0.15) is 5.75 Å². The number of benzene rings is 2. The van der Waals surface area contributed by atoms with Crippen molar-refractivity contribution in [1.29, 1.82) is 0 Å². The van der Waals surface area contributed by atoms with Crippen LogP contribution in [-0.4, -0.2) is 36.9 Å². The zero-order chi connectivity index (χ0) is 21.9. The minimum absolute atomic E-state index is 0.274. The van der Waals surface area contributed by atoms with E-state index in [1.54, 1.807) is 0 Å². The number of methoxy groups -OCH3 is 1. The van der Waals surface area contributed by atoms with Crippen molar-refractivity contribution in [1.82, 2.24) is 10.3 Å². The van der Waals surface area contributed by atoms with Crippen molar-refractivity contribution in [3.8, 4) is 5.75 Å². The molecule has 3 aromatic rings. The van der Waals surface area contributed by atoms with Gasteiger partial charge in [0.05, 0.1) is 12.7 Å². The number of aromatic amines is 1. The number of ether oxygens (including phenoxy) is 2. The van der Waals surface area contributed by atoms with Crippen LogP contribution in [0.25, 0.3) is 10.9 Å². The summed E-state index contributed by atoms with van der Waals surface area (Å²) in [5, 5.41) is 3.37. The highest BCUT2D eigenvalue weighted by molar-refractivity contribution is 5.96. The van der Waals surface area contributed by atoms with Crippen LogP contribution in [0.2, 0.25) is 0 Å². The Morgan fingerprint density at radius 1 is 1.07 bits per heavy atom. The third kappa shape index (κ3) is 4.91. The van der Waals surface area contributed by atoms with Gasteiger partial charge < -0.3 is 19.8 Å². The number of H-pyrrole nitrogens is 1. The summed E-state index contributed by atoms with van der Waals surface area (Å²) in [7, 11) is 1.27. The molecule has 0 unspecified atom stereocenters.